The summed E-state index contributed by atoms with van der Waals surface area (Å²) < 4.78 is 32.2. The van der Waals surface area contributed by atoms with E-state index < -0.39 is 16.1 Å². The van der Waals surface area contributed by atoms with Gasteiger partial charge >= 0.3 is 6.03 Å². The van der Waals surface area contributed by atoms with Crippen molar-refractivity contribution in [1.29, 1.82) is 0 Å². The Morgan fingerprint density at radius 3 is 2.38 bits per heavy atom. The lowest BCUT2D eigenvalue weighted by atomic mass is 9.96. The Morgan fingerprint density at radius 2 is 1.69 bits per heavy atom. The van der Waals surface area contributed by atoms with Crippen molar-refractivity contribution >= 4 is 22.0 Å². The second kappa shape index (κ2) is 11.0. The van der Waals surface area contributed by atoms with Crippen molar-refractivity contribution < 1.29 is 22.7 Å². The van der Waals surface area contributed by atoms with Gasteiger partial charge < -0.3 is 15.4 Å². The summed E-state index contributed by atoms with van der Waals surface area (Å²) in [5.74, 6) is 0.259. The van der Waals surface area contributed by atoms with E-state index in [-0.39, 0.29) is 16.8 Å². The summed E-state index contributed by atoms with van der Waals surface area (Å²) in [6.07, 6.45) is 5.49. The van der Waals surface area contributed by atoms with Crippen molar-refractivity contribution in [2.24, 2.45) is 0 Å². The molecule has 9 heteroatoms. The Bertz CT molecular complexity index is 1030. The molecule has 1 aliphatic carbocycles. The van der Waals surface area contributed by atoms with Crippen LogP contribution >= 0.6 is 0 Å². The van der Waals surface area contributed by atoms with Gasteiger partial charge in [0.15, 0.2) is 0 Å². The number of sulfonamides is 1. The third kappa shape index (κ3) is 6.46. The first-order chi connectivity index (χ1) is 15.4. The zero-order chi connectivity index (χ0) is 23.0. The second-order valence-electron chi connectivity index (χ2n) is 7.76. The van der Waals surface area contributed by atoms with Crippen LogP contribution in [-0.4, -0.2) is 40.1 Å². The maximum atomic E-state index is 12.5. The molecule has 3 amide bonds. The Balaban J connectivity index is 1.50. The molecule has 0 aliphatic heterocycles. The lowest BCUT2D eigenvalue weighted by Crippen LogP contribution is -2.45. The van der Waals surface area contributed by atoms with Crippen molar-refractivity contribution in [3.05, 3.63) is 59.7 Å². The van der Waals surface area contributed by atoms with E-state index in [9.17, 15) is 18.0 Å². The smallest absolute Gasteiger partial charge is 0.328 e. The van der Waals surface area contributed by atoms with Crippen molar-refractivity contribution in [1.82, 2.24) is 15.4 Å². The summed E-state index contributed by atoms with van der Waals surface area (Å²) in [5.41, 5.74) is 1.31. The molecular weight excluding hydrogens is 430 g/mol. The Kier molecular flexibility index (Phi) is 8.10. The van der Waals surface area contributed by atoms with Crippen LogP contribution in [0.4, 0.5) is 4.79 Å². The molecule has 32 heavy (non-hydrogen) atoms. The number of carbonyl (C=O) groups is 2. The molecule has 3 N–H and O–H groups in total. The highest BCUT2D eigenvalue weighted by Gasteiger charge is 2.21. The van der Waals surface area contributed by atoms with Crippen LogP contribution in [-0.2, 0) is 16.4 Å². The first kappa shape index (κ1) is 23.6. The fraction of sp³-hybridized carbons (Fsp3) is 0.391. The van der Waals surface area contributed by atoms with Crippen LogP contribution in [0.15, 0.2) is 53.4 Å². The van der Waals surface area contributed by atoms with Crippen molar-refractivity contribution in [3.8, 4) is 5.75 Å². The number of rotatable bonds is 8. The third-order valence-corrected chi connectivity index (χ3v) is 6.80. The lowest BCUT2D eigenvalue weighted by molar-refractivity contribution is 0.0951. The average molecular weight is 460 g/mol. The lowest BCUT2D eigenvalue weighted by Gasteiger charge is -2.22. The number of nitrogens with one attached hydrogen (secondary N) is 3. The molecule has 1 saturated carbocycles. The quantitative estimate of drug-likeness (QED) is 0.562. The Hall–Kier alpha value is -3.07. The molecule has 0 bridgehead atoms. The predicted molar refractivity (Wildman–Crippen MR) is 121 cm³/mol. The minimum atomic E-state index is -3.95. The molecule has 0 saturated heterocycles. The zero-order valence-electron chi connectivity index (χ0n) is 18.1. The monoisotopic (exact) mass is 459 g/mol. The van der Waals surface area contributed by atoms with Gasteiger partial charge in [0.25, 0.3) is 15.9 Å². The molecule has 172 valence electrons. The second-order valence-corrected chi connectivity index (χ2v) is 9.45. The molecular formula is C23H29N3O5S. The highest BCUT2D eigenvalue weighted by atomic mass is 32.2. The predicted octanol–water partition coefficient (Wildman–Crippen LogP) is 2.99. The molecule has 8 nitrogen and oxygen atoms in total. The van der Waals surface area contributed by atoms with Crippen LogP contribution < -0.4 is 20.1 Å². The van der Waals surface area contributed by atoms with Crippen LogP contribution in [0, 0.1) is 0 Å². The summed E-state index contributed by atoms with van der Waals surface area (Å²) in [4.78, 5) is 24.4. The van der Waals surface area contributed by atoms with E-state index in [1.165, 1.54) is 19.2 Å². The van der Waals surface area contributed by atoms with E-state index in [2.05, 4.69) is 15.4 Å². The molecule has 0 unspecified atom stereocenters. The van der Waals surface area contributed by atoms with Crippen LogP contribution in [0.25, 0.3) is 0 Å². The van der Waals surface area contributed by atoms with Crippen LogP contribution in [0.2, 0.25) is 0 Å². The number of ether oxygens (including phenoxy) is 1. The molecule has 2 aromatic carbocycles. The molecule has 0 radical (unpaired) electrons. The number of urea groups is 1. The zero-order valence-corrected chi connectivity index (χ0v) is 18.9. The summed E-state index contributed by atoms with van der Waals surface area (Å²) in [5, 5.41) is 5.57. The van der Waals surface area contributed by atoms with Gasteiger partial charge in [-0.1, -0.05) is 43.5 Å². The number of benzene rings is 2. The maximum Gasteiger partial charge on any atom is 0.328 e. The van der Waals surface area contributed by atoms with Gasteiger partial charge in [-0.15, -0.1) is 0 Å². The molecule has 0 atom stereocenters. The topological polar surface area (TPSA) is 114 Å². The summed E-state index contributed by atoms with van der Waals surface area (Å²) >= 11 is 0. The number of hydrogen-bond acceptors (Lipinski definition) is 5. The van der Waals surface area contributed by atoms with E-state index >= 15 is 0 Å². The van der Waals surface area contributed by atoms with Crippen LogP contribution in [0.3, 0.4) is 0 Å². The number of methoxy groups -OCH3 is 1. The molecule has 1 aliphatic rings. The van der Waals surface area contributed by atoms with Gasteiger partial charge in [-0.05, 0) is 49.1 Å². The summed E-state index contributed by atoms with van der Waals surface area (Å²) in [7, 11) is -2.44. The van der Waals surface area contributed by atoms with E-state index in [1.54, 1.807) is 36.4 Å². The molecule has 0 aromatic heterocycles. The standard InChI is InChI=1S/C23H29N3O5S/c1-31-21-10-6-5-9-20(21)22(27)24-16-15-17-11-13-19(14-12-17)32(29,30)26-23(28)25-18-7-3-2-4-8-18/h5-6,9-14,18H,2-4,7-8,15-16H2,1H3,(H,24,27)(H2,25,26,28). The van der Waals surface area contributed by atoms with Gasteiger partial charge in [0.2, 0.25) is 0 Å². The molecule has 3 rings (SSSR count). The average Bonchev–Trinajstić information content (AvgIpc) is 2.79. The van der Waals surface area contributed by atoms with Crippen molar-refractivity contribution in [2.45, 2.75) is 49.5 Å². The van der Waals surface area contributed by atoms with Gasteiger partial charge in [0, 0.05) is 12.6 Å². The number of para-hydroxylation sites is 1. The van der Waals surface area contributed by atoms with Crippen molar-refractivity contribution in [3.63, 3.8) is 0 Å². The van der Waals surface area contributed by atoms with E-state index in [1.807, 2.05) is 0 Å². The molecule has 2 aromatic rings. The van der Waals surface area contributed by atoms with E-state index in [4.69, 9.17) is 4.74 Å². The SMILES string of the molecule is COc1ccccc1C(=O)NCCc1ccc(S(=O)(=O)NC(=O)NC2CCCCC2)cc1. The van der Waals surface area contributed by atoms with Gasteiger partial charge in [-0.25, -0.2) is 17.9 Å². The summed E-state index contributed by atoms with van der Waals surface area (Å²) in [6.45, 7) is 0.380. The normalized spacial score (nSPS) is 14.4. The number of carbonyl (C=O) groups excluding carboxylic acids is 2. The summed E-state index contributed by atoms with van der Waals surface area (Å²) in [6, 6.07) is 12.5. The molecule has 1 fully saturated rings. The Morgan fingerprint density at radius 1 is 1.00 bits per heavy atom. The minimum absolute atomic E-state index is 0.0121. The van der Waals surface area contributed by atoms with Gasteiger partial charge in [-0.2, -0.15) is 0 Å². The van der Waals surface area contributed by atoms with Crippen molar-refractivity contribution in [2.75, 3.05) is 13.7 Å². The van der Waals surface area contributed by atoms with E-state index in [0.717, 1.165) is 37.7 Å². The molecule has 0 heterocycles. The largest absolute Gasteiger partial charge is 0.496 e. The minimum Gasteiger partial charge on any atom is -0.496 e. The maximum absolute atomic E-state index is 12.5. The van der Waals surface area contributed by atoms with Gasteiger partial charge in [-0.3, -0.25) is 4.79 Å². The van der Waals surface area contributed by atoms with Gasteiger partial charge in [0.1, 0.15) is 5.75 Å². The fourth-order valence-electron chi connectivity index (χ4n) is 3.73. The highest BCUT2D eigenvalue weighted by Crippen LogP contribution is 2.18. The highest BCUT2D eigenvalue weighted by molar-refractivity contribution is 7.90. The van der Waals surface area contributed by atoms with Crippen LogP contribution in [0.5, 0.6) is 5.75 Å². The Labute approximate surface area is 188 Å². The van der Waals surface area contributed by atoms with E-state index in [0.29, 0.717) is 24.3 Å². The first-order valence-corrected chi connectivity index (χ1v) is 12.2. The van der Waals surface area contributed by atoms with Crippen LogP contribution in [0.1, 0.15) is 48.0 Å². The molecule has 0 spiro atoms. The fourth-order valence-corrected chi connectivity index (χ4v) is 4.64. The number of hydrogen-bond donors (Lipinski definition) is 3. The number of amides is 3. The first-order valence-electron chi connectivity index (χ1n) is 10.7. The third-order valence-electron chi connectivity index (χ3n) is 5.45. The van der Waals surface area contributed by atoms with Gasteiger partial charge in [0.05, 0.1) is 17.6 Å².